The maximum absolute atomic E-state index is 12.3. The molecule has 0 radical (unpaired) electrons. The van der Waals surface area contributed by atoms with Crippen LogP contribution in [0.5, 0.6) is 0 Å². The average Bonchev–Trinajstić information content (AvgIpc) is 2.16. The summed E-state index contributed by atoms with van der Waals surface area (Å²) in [4.78, 5) is 2.83. The van der Waals surface area contributed by atoms with Crippen molar-refractivity contribution in [1.29, 1.82) is 0 Å². The molecule has 0 saturated heterocycles. The Hall–Kier alpha value is -0.840. The monoisotopic (exact) mass is 191 g/mol. The van der Waals surface area contributed by atoms with Crippen LogP contribution in [-0.2, 0) is 16.0 Å². The smallest absolute Gasteiger partial charge is 0.306 e. The summed E-state index contributed by atoms with van der Waals surface area (Å²) in [5, 5.41) is 0. The molecule has 1 aromatic heterocycles. The van der Waals surface area contributed by atoms with E-state index in [4.69, 9.17) is 0 Å². The number of aryl methyl sites for hydroxylation is 2. The summed E-state index contributed by atoms with van der Waals surface area (Å²) in [6.45, 7) is 3.46. The molecule has 1 heterocycles. The Bertz CT molecular complexity index is 361. The number of aromatic nitrogens is 1. The molecule has 0 aliphatic heterocycles. The maximum atomic E-state index is 12.3. The zero-order valence-electron chi connectivity index (χ0n) is 6.89. The predicted octanol–water partition coefficient (Wildman–Crippen LogP) is 1.43. The van der Waals surface area contributed by atoms with Gasteiger partial charge in [-0.05, 0) is 25.0 Å². The van der Waals surface area contributed by atoms with Crippen LogP contribution in [0.4, 0.5) is 3.89 Å². The SMILES string of the molecule is Cc1c[nH]c(C)c1CS(=O)(=O)F. The fraction of sp³-hybridized carbons (Fsp3) is 0.429. The van der Waals surface area contributed by atoms with Crippen LogP contribution in [0.15, 0.2) is 6.20 Å². The first-order valence-corrected chi connectivity index (χ1v) is 5.01. The minimum atomic E-state index is -4.41. The van der Waals surface area contributed by atoms with Crippen molar-refractivity contribution in [2.45, 2.75) is 19.6 Å². The van der Waals surface area contributed by atoms with Crippen molar-refractivity contribution in [3.8, 4) is 0 Å². The molecule has 0 spiro atoms. The Kier molecular flexibility index (Phi) is 2.23. The normalized spacial score (nSPS) is 11.9. The van der Waals surface area contributed by atoms with E-state index in [-0.39, 0.29) is 0 Å². The van der Waals surface area contributed by atoms with E-state index in [1.807, 2.05) is 0 Å². The van der Waals surface area contributed by atoms with Gasteiger partial charge in [0.05, 0.1) is 0 Å². The first-order valence-electron chi connectivity index (χ1n) is 3.46. The first-order chi connectivity index (χ1) is 5.40. The van der Waals surface area contributed by atoms with Gasteiger partial charge in [0.1, 0.15) is 5.75 Å². The summed E-state index contributed by atoms with van der Waals surface area (Å²) < 4.78 is 32.9. The van der Waals surface area contributed by atoms with Crippen molar-refractivity contribution >= 4 is 10.2 Å². The Morgan fingerprint density at radius 1 is 1.50 bits per heavy atom. The van der Waals surface area contributed by atoms with Gasteiger partial charge in [-0.15, -0.1) is 3.89 Å². The highest BCUT2D eigenvalue weighted by Gasteiger charge is 2.13. The van der Waals surface area contributed by atoms with Gasteiger partial charge in [-0.3, -0.25) is 0 Å². The zero-order chi connectivity index (χ0) is 9.35. The van der Waals surface area contributed by atoms with Gasteiger partial charge in [0.2, 0.25) is 0 Å². The Labute approximate surface area is 70.8 Å². The van der Waals surface area contributed by atoms with Crippen LogP contribution in [0.1, 0.15) is 16.8 Å². The van der Waals surface area contributed by atoms with E-state index in [1.165, 1.54) is 0 Å². The van der Waals surface area contributed by atoms with E-state index in [0.29, 0.717) is 11.3 Å². The summed E-state index contributed by atoms with van der Waals surface area (Å²) in [5.41, 5.74) is 2.00. The largest absolute Gasteiger partial charge is 0.365 e. The molecule has 1 N–H and O–H groups in total. The Balaban J connectivity index is 3.04. The van der Waals surface area contributed by atoms with E-state index in [0.717, 1.165) is 5.56 Å². The number of halogens is 1. The molecule has 0 atom stereocenters. The molecule has 0 amide bonds. The van der Waals surface area contributed by atoms with Gasteiger partial charge in [-0.1, -0.05) is 0 Å². The highest BCUT2D eigenvalue weighted by molar-refractivity contribution is 7.85. The van der Waals surface area contributed by atoms with Gasteiger partial charge < -0.3 is 4.98 Å². The van der Waals surface area contributed by atoms with Crippen LogP contribution in [-0.4, -0.2) is 13.4 Å². The maximum Gasteiger partial charge on any atom is 0.306 e. The lowest BCUT2D eigenvalue weighted by Gasteiger charge is -1.96. The van der Waals surface area contributed by atoms with Crippen LogP contribution in [0, 0.1) is 13.8 Å². The highest BCUT2D eigenvalue weighted by Crippen LogP contribution is 2.16. The standard InChI is InChI=1S/C7H10FNO2S/c1-5-3-9-6(2)7(5)4-12(8,10)11/h3,9H,4H2,1-2H3. The third-order valence-electron chi connectivity index (χ3n) is 1.75. The van der Waals surface area contributed by atoms with Gasteiger partial charge in [0.15, 0.2) is 0 Å². The third-order valence-corrected chi connectivity index (χ3v) is 2.38. The molecule has 0 aliphatic carbocycles. The molecule has 0 bridgehead atoms. The van der Waals surface area contributed by atoms with E-state index in [2.05, 4.69) is 4.98 Å². The van der Waals surface area contributed by atoms with E-state index >= 15 is 0 Å². The number of rotatable bonds is 2. The highest BCUT2D eigenvalue weighted by atomic mass is 32.3. The molecular weight excluding hydrogens is 181 g/mol. The molecule has 1 rings (SSSR count). The van der Waals surface area contributed by atoms with Crippen molar-refractivity contribution in [2.24, 2.45) is 0 Å². The number of hydrogen-bond donors (Lipinski definition) is 1. The molecule has 0 aliphatic rings. The van der Waals surface area contributed by atoms with Crippen molar-refractivity contribution in [2.75, 3.05) is 0 Å². The minimum Gasteiger partial charge on any atom is -0.365 e. The molecule has 0 saturated carbocycles. The quantitative estimate of drug-likeness (QED) is 0.719. The summed E-state index contributed by atoms with van der Waals surface area (Å²) >= 11 is 0. The molecule has 12 heavy (non-hydrogen) atoms. The number of aromatic amines is 1. The molecular formula is C7H10FNO2S. The third kappa shape index (κ3) is 2.07. The van der Waals surface area contributed by atoms with Crippen molar-refractivity contribution in [3.63, 3.8) is 0 Å². The van der Waals surface area contributed by atoms with Crippen LogP contribution < -0.4 is 0 Å². The Morgan fingerprint density at radius 2 is 2.08 bits per heavy atom. The lowest BCUT2D eigenvalue weighted by atomic mass is 10.2. The summed E-state index contributed by atoms with van der Waals surface area (Å²) in [6, 6.07) is 0. The van der Waals surface area contributed by atoms with Crippen LogP contribution in [0.3, 0.4) is 0 Å². The summed E-state index contributed by atoms with van der Waals surface area (Å²) in [5.74, 6) is -0.534. The molecule has 0 aromatic carbocycles. The first kappa shape index (κ1) is 9.25. The molecule has 0 fully saturated rings. The summed E-state index contributed by atoms with van der Waals surface area (Å²) in [7, 11) is -4.41. The molecule has 1 aromatic rings. The number of H-pyrrole nitrogens is 1. The van der Waals surface area contributed by atoms with Gasteiger partial charge in [0.25, 0.3) is 0 Å². The molecule has 3 nitrogen and oxygen atoms in total. The van der Waals surface area contributed by atoms with E-state index in [9.17, 15) is 12.3 Å². The molecule has 68 valence electrons. The topological polar surface area (TPSA) is 49.9 Å². The van der Waals surface area contributed by atoms with Gasteiger partial charge in [-0.25, -0.2) is 0 Å². The van der Waals surface area contributed by atoms with Crippen molar-refractivity contribution in [3.05, 3.63) is 23.0 Å². The van der Waals surface area contributed by atoms with Crippen LogP contribution in [0.2, 0.25) is 0 Å². The van der Waals surface area contributed by atoms with Gasteiger partial charge in [0, 0.05) is 11.9 Å². The summed E-state index contributed by atoms with van der Waals surface area (Å²) in [6.07, 6.45) is 1.66. The Morgan fingerprint density at radius 3 is 2.42 bits per heavy atom. The molecule has 5 heteroatoms. The fourth-order valence-electron chi connectivity index (χ4n) is 1.08. The van der Waals surface area contributed by atoms with E-state index < -0.39 is 16.0 Å². The van der Waals surface area contributed by atoms with Gasteiger partial charge in [-0.2, -0.15) is 8.42 Å². The molecule has 0 unspecified atom stereocenters. The van der Waals surface area contributed by atoms with Crippen molar-refractivity contribution < 1.29 is 12.3 Å². The number of nitrogens with one attached hydrogen (secondary N) is 1. The van der Waals surface area contributed by atoms with Crippen LogP contribution >= 0.6 is 0 Å². The fourth-order valence-corrected chi connectivity index (χ4v) is 1.87. The lowest BCUT2D eigenvalue weighted by molar-refractivity contribution is 0.551. The zero-order valence-corrected chi connectivity index (χ0v) is 7.70. The second-order valence-electron chi connectivity index (χ2n) is 2.76. The second-order valence-corrected chi connectivity index (χ2v) is 4.12. The average molecular weight is 191 g/mol. The minimum absolute atomic E-state index is 0.525. The lowest BCUT2D eigenvalue weighted by Crippen LogP contribution is -1.98. The number of hydrogen-bond acceptors (Lipinski definition) is 2. The predicted molar refractivity (Wildman–Crippen MR) is 44.0 cm³/mol. The van der Waals surface area contributed by atoms with E-state index in [1.54, 1.807) is 20.0 Å². The van der Waals surface area contributed by atoms with Gasteiger partial charge >= 0.3 is 10.2 Å². The van der Waals surface area contributed by atoms with Crippen molar-refractivity contribution in [1.82, 2.24) is 4.98 Å². The van der Waals surface area contributed by atoms with Crippen LogP contribution in [0.25, 0.3) is 0 Å². The second kappa shape index (κ2) is 2.90.